The van der Waals surface area contributed by atoms with Crippen molar-refractivity contribution in [2.24, 2.45) is 0 Å². The van der Waals surface area contributed by atoms with Crippen LogP contribution in [0.3, 0.4) is 0 Å². The molecule has 25 heavy (non-hydrogen) atoms. The maximum absolute atomic E-state index is 11.5. The average molecular weight is 368 g/mol. The molecule has 6 heteroatoms. The van der Waals surface area contributed by atoms with E-state index in [0.29, 0.717) is 17.9 Å². The fourth-order valence-electron chi connectivity index (χ4n) is 2.52. The lowest BCUT2D eigenvalue weighted by Gasteiger charge is -2.16. The smallest absolute Gasteiger partial charge is 0.321 e. The number of thioether (sulfide) groups is 1. The van der Waals surface area contributed by atoms with Gasteiger partial charge in [-0.25, -0.2) is 0 Å². The third-order valence-electron chi connectivity index (χ3n) is 3.80. The molecular weight excluding hydrogens is 340 g/mol. The Morgan fingerprint density at radius 1 is 1.04 bits per heavy atom. The lowest BCUT2D eigenvalue weighted by atomic mass is 10.1. The van der Waals surface area contributed by atoms with Gasteiger partial charge in [0.1, 0.15) is 11.0 Å². The predicted molar refractivity (Wildman–Crippen MR) is 100 cm³/mol. The molecule has 5 nitrogen and oxygen atoms in total. The highest BCUT2D eigenvalue weighted by Gasteiger charge is 2.24. The molecule has 1 unspecified atom stereocenters. The van der Waals surface area contributed by atoms with Gasteiger partial charge in [0.25, 0.3) is 0 Å². The Balaban J connectivity index is 2.51. The molecule has 0 aromatic heterocycles. The molecule has 0 saturated carbocycles. The summed E-state index contributed by atoms with van der Waals surface area (Å²) >= 11 is 0.881. The maximum atomic E-state index is 11.5. The number of rotatable bonds is 14. The van der Waals surface area contributed by atoms with Crippen LogP contribution in [-0.2, 0) is 9.59 Å². The highest BCUT2D eigenvalue weighted by molar-refractivity contribution is 8.00. The van der Waals surface area contributed by atoms with Gasteiger partial charge in [0, 0.05) is 5.56 Å². The highest BCUT2D eigenvalue weighted by atomic mass is 32.2. The quantitative estimate of drug-likeness (QED) is 0.461. The van der Waals surface area contributed by atoms with Crippen LogP contribution in [0.25, 0.3) is 0 Å². The summed E-state index contributed by atoms with van der Waals surface area (Å²) in [6.07, 6.45) is 8.28. The summed E-state index contributed by atoms with van der Waals surface area (Å²) in [6.45, 7) is 2.74. The number of para-hydroxylation sites is 1. The first-order chi connectivity index (χ1) is 12.1. The van der Waals surface area contributed by atoms with Crippen molar-refractivity contribution in [3.63, 3.8) is 0 Å². The Labute approximate surface area is 153 Å². The van der Waals surface area contributed by atoms with Gasteiger partial charge in [0.2, 0.25) is 0 Å². The number of carboxylic acids is 2. The van der Waals surface area contributed by atoms with Gasteiger partial charge in [-0.1, -0.05) is 63.6 Å². The van der Waals surface area contributed by atoms with Crippen molar-refractivity contribution in [2.45, 2.75) is 57.1 Å². The maximum Gasteiger partial charge on any atom is 0.321 e. The van der Waals surface area contributed by atoms with Crippen LogP contribution in [0.5, 0.6) is 5.75 Å². The molecule has 0 aliphatic rings. The molecule has 0 aliphatic carbocycles. The number of carboxylic acid groups (broad SMARTS) is 2. The number of hydrogen-bond donors (Lipinski definition) is 2. The van der Waals surface area contributed by atoms with E-state index in [-0.39, 0.29) is 5.75 Å². The van der Waals surface area contributed by atoms with Crippen LogP contribution >= 0.6 is 11.8 Å². The van der Waals surface area contributed by atoms with Crippen LogP contribution in [0.1, 0.15) is 62.7 Å². The molecule has 1 aromatic carbocycles. The van der Waals surface area contributed by atoms with Crippen LogP contribution in [0.4, 0.5) is 0 Å². The summed E-state index contributed by atoms with van der Waals surface area (Å²) in [5.41, 5.74) is 0.518. The molecule has 0 aliphatic heterocycles. The van der Waals surface area contributed by atoms with E-state index >= 15 is 0 Å². The predicted octanol–water partition coefficient (Wildman–Crippen LogP) is 4.76. The topological polar surface area (TPSA) is 83.8 Å². The molecule has 0 spiro atoms. The first-order valence-electron chi connectivity index (χ1n) is 8.84. The Kier molecular flexibility index (Phi) is 10.8. The molecule has 0 heterocycles. The lowest BCUT2D eigenvalue weighted by molar-refractivity contribution is -0.136. The molecule has 0 bridgehead atoms. The summed E-state index contributed by atoms with van der Waals surface area (Å²) in [5.74, 6) is -1.82. The minimum absolute atomic E-state index is 0.261. The third-order valence-corrected chi connectivity index (χ3v) is 5.01. The van der Waals surface area contributed by atoms with Gasteiger partial charge in [0.05, 0.1) is 12.4 Å². The van der Waals surface area contributed by atoms with E-state index in [9.17, 15) is 14.7 Å². The lowest BCUT2D eigenvalue weighted by Crippen LogP contribution is -2.13. The largest absolute Gasteiger partial charge is 0.493 e. The second kappa shape index (κ2) is 12.6. The van der Waals surface area contributed by atoms with Crippen molar-refractivity contribution in [3.8, 4) is 5.75 Å². The van der Waals surface area contributed by atoms with E-state index in [1.807, 2.05) is 0 Å². The van der Waals surface area contributed by atoms with Gasteiger partial charge >= 0.3 is 11.9 Å². The standard InChI is InChI=1S/C19H28O5S/c1-2-3-4-5-6-7-10-13-24-16-12-9-8-11-15(16)18(19(22)23)25-14-17(20)21/h8-9,11-12,18H,2-7,10,13-14H2,1H3,(H,20,21)(H,22,23). The number of benzene rings is 1. The first-order valence-corrected chi connectivity index (χ1v) is 9.89. The monoisotopic (exact) mass is 368 g/mol. The number of aliphatic carboxylic acids is 2. The molecule has 1 aromatic rings. The zero-order chi connectivity index (χ0) is 18.5. The van der Waals surface area contributed by atoms with Crippen LogP contribution in [0.15, 0.2) is 24.3 Å². The van der Waals surface area contributed by atoms with Crippen molar-refractivity contribution >= 4 is 23.7 Å². The van der Waals surface area contributed by atoms with E-state index < -0.39 is 17.2 Å². The van der Waals surface area contributed by atoms with Gasteiger partial charge in [-0.2, -0.15) is 0 Å². The molecule has 1 rings (SSSR count). The van der Waals surface area contributed by atoms with Crippen molar-refractivity contribution < 1.29 is 24.5 Å². The second-order valence-corrected chi connectivity index (χ2v) is 7.02. The fraction of sp³-hybridized carbons (Fsp3) is 0.579. The molecule has 0 fully saturated rings. The van der Waals surface area contributed by atoms with Crippen molar-refractivity contribution in [1.82, 2.24) is 0 Å². The summed E-state index contributed by atoms with van der Waals surface area (Å²) in [4.78, 5) is 22.2. The van der Waals surface area contributed by atoms with Crippen molar-refractivity contribution in [3.05, 3.63) is 29.8 Å². The molecule has 1 atom stereocenters. The van der Waals surface area contributed by atoms with Gasteiger partial charge in [-0.15, -0.1) is 11.8 Å². The normalized spacial score (nSPS) is 11.9. The first kappa shape index (κ1) is 21.4. The molecule has 0 radical (unpaired) electrons. The van der Waals surface area contributed by atoms with Crippen LogP contribution < -0.4 is 4.74 Å². The van der Waals surface area contributed by atoms with E-state index in [4.69, 9.17) is 9.84 Å². The van der Waals surface area contributed by atoms with E-state index in [1.165, 1.54) is 32.1 Å². The zero-order valence-corrected chi connectivity index (χ0v) is 15.6. The summed E-state index contributed by atoms with van der Waals surface area (Å²) in [6, 6.07) is 6.97. The van der Waals surface area contributed by atoms with Gasteiger partial charge in [-0.3, -0.25) is 9.59 Å². The van der Waals surface area contributed by atoms with Crippen molar-refractivity contribution in [2.75, 3.05) is 12.4 Å². The Hall–Kier alpha value is -1.69. The average Bonchev–Trinajstić information content (AvgIpc) is 2.58. The SMILES string of the molecule is CCCCCCCCCOc1ccccc1C(SCC(=O)O)C(=O)O. The molecular formula is C19H28O5S. The van der Waals surface area contributed by atoms with Crippen LogP contribution in [0, 0.1) is 0 Å². The Morgan fingerprint density at radius 2 is 1.68 bits per heavy atom. The minimum Gasteiger partial charge on any atom is -0.493 e. The molecule has 0 amide bonds. The minimum atomic E-state index is -1.06. The van der Waals surface area contributed by atoms with Gasteiger partial charge in [0.15, 0.2) is 0 Å². The Morgan fingerprint density at radius 3 is 2.32 bits per heavy atom. The second-order valence-electron chi connectivity index (χ2n) is 5.93. The third kappa shape index (κ3) is 8.82. The highest BCUT2D eigenvalue weighted by Crippen LogP contribution is 2.35. The van der Waals surface area contributed by atoms with E-state index in [0.717, 1.165) is 24.6 Å². The van der Waals surface area contributed by atoms with Crippen LogP contribution in [0.2, 0.25) is 0 Å². The van der Waals surface area contributed by atoms with E-state index in [1.54, 1.807) is 24.3 Å². The number of carbonyl (C=O) groups is 2. The molecule has 140 valence electrons. The van der Waals surface area contributed by atoms with E-state index in [2.05, 4.69) is 6.92 Å². The number of hydrogen-bond acceptors (Lipinski definition) is 4. The summed E-state index contributed by atoms with van der Waals surface area (Å²) < 4.78 is 5.78. The summed E-state index contributed by atoms with van der Waals surface area (Å²) in [5, 5.41) is 17.3. The van der Waals surface area contributed by atoms with Gasteiger partial charge in [-0.05, 0) is 12.5 Å². The number of ether oxygens (including phenoxy) is 1. The number of unbranched alkanes of at least 4 members (excludes halogenated alkanes) is 6. The summed E-state index contributed by atoms with van der Waals surface area (Å²) in [7, 11) is 0. The molecule has 2 N–H and O–H groups in total. The zero-order valence-electron chi connectivity index (χ0n) is 14.8. The Bertz CT molecular complexity index is 532. The molecule has 0 saturated heterocycles. The van der Waals surface area contributed by atoms with Crippen molar-refractivity contribution in [1.29, 1.82) is 0 Å². The fourth-order valence-corrected chi connectivity index (χ4v) is 3.34. The van der Waals surface area contributed by atoms with Crippen LogP contribution in [-0.4, -0.2) is 34.5 Å². The van der Waals surface area contributed by atoms with Gasteiger partial charge < -0.3 is 14.9 Å².